The molecule has 0 saturated heterocycles. The van der Waals surface area contributed by atoms with Crippen molar-refractivity contribution in [2.75, 3.05) is 13.6 Å². The number of nitrogens with zero attached hydrogens (tertiary/aromatic N) is 1. The maximum Gasteiger partial charge on any atom is 0.191 e. The molecule has 0 amide bonds. The van der Waals surface area contributed by atoms with Crippen LogP contribution in [0.15, 0.2) is 4.99 Å². The Kier molecular flexibility index (Phi) is 4.69. The van der Waals surface area contributed by atoms with E-state index in [0.717, 1.165) is 24.3 Å². The van der Waals surface area contributed by atoms with Gasteiger partial charge in [0.2, 0.25) is 0 Å². The van der Waals surface area contributed by atoms with E-state index in [4.69, 9.17) is 0 Å². The third kappa shape index (κ3) is 4.57. The first kappa shape index (κ1) is 12.7. The van der Waals surface area contributed by atoms with Crippen LogP contribution < -0.4 is 10.6 Å². The van der Waals surface area contributed by atoms with Crippen molar-refractivity contribution in [2.24, 2.45) is 16.8 Å². The fourth-order valence-corrected chi connectivity index (χ4v) is 2.59. The van der Waals surface area contributed by atoms with Gasteiger partial charge in [-0.1, -0.05) is 19.8 Å². The van der Waals surface area contributed by atoms with Gasteiger partial charge in [0.05, 0.1) is 0 Å². The number of hydrogen-bond acceptors (Lipinski definition) is 1. The fourth-order valence-electron chi connectivity index (χ4n) is 2.59. The number of aliphatic imine (C=N–C) groups is 1. The van der Waals surface area contributed by atoms with E-state index in [1.54, 1.807) is 0 Å². The van der Waals surface area contributed by atoms with Crippen molar-refractivity contribution in [2.45, 2.75) is 57.9 Å². The molecule has 2 fully saturated rings. The van der Waals surface area contributed by atoms with Gasteiger partial charge in [-0.25, -0.2) is 0 Å². The van der Waals surface area contributed by atoms with Crippen molar-refractivity contribution in [3.05, 3.63) is 0 Å². The molecular weight excluding hydrogens is 210 g/mol. The van der Waals surface area contributed by atoms with Gasteiger partial charge < -0.3 is 10.6 Å². The fraction of sp³-hybridized carbons (Fsp3) is 0.929. The molecule has 0 bridgehead atoms. The van der Waals surface area contributed by atoms with Gasteiger partial charge >= 0.3 is 0 Å². The van der Waals surface area contributed by atoms with E-state index < -0.39 is 0 Å². The van der Waals surface area contributed by atoms with Gasteiger partial charge in [0.1, 0.15) is 0 Å². The van der Waals surface area contributed by atoms with Crippen molar-refractivity contribution < 1.29 is 0 Å². The van der Waals surface area contributed by atoms with E-state index in [1.165, 1.54) is 44.9 Å². The molecule has 2 aliphatic rings. The molecule has 3 heteroatoms. The molecule has 2 saturated carbocycles. The SMILES string of the molecule is CN=C(NCCC1CC1)NC1CCC(C)CC1. The van der Waals surface area contributed by atoms with E-state index in [9.17, 15) is 0 Å². The number of guanidine groups is 1. The summed E-state index contributed by atoms with van der Waals surface area (Å²) in [7, 11) is 1.87. The molecule has 0 radical (unpaired) electrons. The van der Waals surface area contributed by atoms with Gasteiger partial charge in [-0.15, -0.1) is 0 Å². The summed E-state index contributed by atoms with van der Waals surface area (Å²) < 4.78 is 0. The molecule has 0 spiro atoms. The smallest absolute Gasteiger partial charge is 0.191 e. The standard InChI is InChI=1S/C14H27N3/c1-11-3-7-13(8-4-11)17-14(15-2)16-10-9-12-5-6-12/h11-13H,3-10H2,1-2H3,(H2,15,16,17). The summed E-state index contributed by atoms with van der Waals surface area (Å²) in [5.74, 6) is 2.92. The molecule has 98 valence electrons. The second kappa shape index (κ2) is 6.27. The van der Waals surface area contributed by atoms with Gasteiger partial charge in [-0.3, -0.25) is 4.99 Å². The van der Waals surface area contributed by atoms with Crippen molar-refractivity contribution in [1.29, 1.82) is 0 Å². The van der Waals surface area contributed by atoms with Crippen molar-refractivity contribution in [3.8, 4) is 0 Å². The van der Waals surface area contributed by atoms with E-state index in [-0.39, 0.29) is 0 Å². The molecule has 0 unspecified atom stereocenters. The van der Waals surface area contributed by atoms with Crippen LogP contribution in [-0.2, 0) is 0 Å². The maximum atomic E-state index is 4.31. The van der Waals surface area contributed by atoms with Gasteiger partial charge in [0.15, 0.2) is 5.96 Å². The van der Waals surface area contributed by atoms with Crippen LogP contribution in [0.1, 0.15) is 51.9 Å². The molecule has 3 nitrogen and oxygen atoms in total. The predicted molar refractivity (Wildman–Crippen MR) is 73.3 cm³/mol. The molecule has 17 heavy (non-hydrogen) atoms. The molecule has 2 aliphatic carbocycles. The lowest BCUT2D eigenvalue weighted by molar-refractivity contribution is 0.329. The lowest BCUT2D eigenvalue weighted by Gasteiger charge is -2.28. The molecule has 0 aromatic carbocycles. The van der Waals surface area contributed by atoms with Gasteiger partial charge in [0, 0.05) is 19.6 Å². The van der Waals surface area contributed by atoms with Crippen LogP contribution in [0.3, 0.4) is 0 Å². The zero-order chi connectivity index (χ0) is 12.1. The summed E-state index contributed by atoms with van der Waals surface area (Å²) in [4.78, 5) is 4.31. The van der Waals surface area contributed by atoms with Crippen LogP contribution in [0.4, 0.5) is 0 Å². The molecular formula is C14H27N3. The van der Waals surface area contributed by atoms with Crippen LogP contribution >= 0.6 is 0 Å². The van der Waals surface area contributed by atoms with E-state index in [0.29, 0.717) is 6.04 Å². The minimum absolute atomic E-state index is 0.637. The number of rotatable bonds is 4. The second-order valence-electron chi connectivity index (χ2n) is 5.83. The summed E-state index contributed by atoms with van der Waals surface area (Å²) in [5, 5.41) is 7.00. The highest BCUT2D eigenvalue weighted by Gasteiger charge is 2.21. The molecule has 0 aromatic rings. The highest BCUT2D eigenvalue weighted by molar-refractivity contribution is 5.79. The van der Waals surface area contributed by atoms with E-state index >= 15 is 0 Å². The highest BCUT2D eigenvalue weighted by atomic mass is 15.2. The van der Waals surface area contributed by atoms with E-state index in [1.807, 2.05) is 7.05 Å². The van der Waals surface area contributed by atoms with Crippen molar-refractivity contribution in [3.63, 3.8) is 0 Å². The maximum absolute atomic E-state index is 4.31. The summed E-state index contributed by atoms with van der Waals surface area (Å²) in [6, 6.07) is 0.637. The monoisotopic (exact) mass is 237 g/mol. The Labute approximate surface area is 105 Å². The zero-order valence-electron chi connectivity index (χ0n) is 11.3. The Morgan fingerprint density at radius 3 is 2.41 bits per heavy atom. The Hall–Kier alpha value is -0.730. The second-order valence-corrected chi connectivity index (χ2v) is 5.83. The molecule has 2 N–H and O–H groups in total. The normalized spacial score (nSPS) is 30.1. The number of hydrogen-bond donors (Lipinski definition) is 2. The summed E-state index contributed by atoms with van der Waals surface area (Å²) in [6.45, 7) is 3.44. The first-order chi connectivity index (χ1) is 8.28. The van der Waals surface area contributed by atoms with Gasteiger partial charge in [-0.05, 0) is 43.9 Å². The molecule has 0 aliphatic heterocycles. The van der Waals surface area contributed by atoms with Crippen LogP contribution in [0, 0.1) is 11.8 Å². The molecule has 0 aromatic heterocycles. The lowest BCUT2D eigenvalue weighted by atomic mass is 9.87. The summed E-state index contributed by atoms with van der Waals surface area (Å²) in [5.41, 5.74) is 0. The average Bonchev–Trinajstić information content (AvgIpc) is 3.14. The summed E-state index contributed by atoms with van der Waals surface area (Å²) in [6.07, 6.45) is 9.49. The molecule has 0 heterocycles. The van der Waals surface area contributed by atoms with Crippen LogP contribution in [-0.4, -0.2) is 25.6 Å². The third-order valence-corrected chi connectivity index (χ3v) is 4.12. The Morgan fingerprint density at radius 1 is 1.12 bits per heavy atom. The van der Waals surface area contributed by atoms with Crippen LogP contribution in [0.2, 0.25) is 0 Å². The topological polar surface area (TPSA) is 36.4 Å². The van der Waals surface area contributed by atoms with Crippen LogP contribution in [0.25, 0.3) is 0 Å². The molecule has 2 rings (SSSR count). The first-order valence-corrected chi connectivity index (χ1v) is 7.25. The minimum Gasteiger partial charge on any atom is -0.356 e. The lowest BCUT2D eigenvalue weighted by Crippen LogP contribution is -2.45. The Balaban J connectivity index is 1.63. The zero-order valence-corrected chi connectivity index (χ0v) is 11.3. The quantitative estimate of drug-likeness (QED) is 0.582. The largest absolute Gasteiger partial charge is 0.356 e. The Morgan fingerprint density at radius 2 is 1.82 bits per heavy atom. The minimum atomic E-state index is 0.637. The first-order valence-electron chi connectivity index (χ1n) is 7.25. The predicted octanol–water partition coefficient (Wildman–Crippen LogP) is 2.53. The van der Waals surface area contributed by atoms with Crippen molar-refractivity contribution in [1.82, 2.24) is 10.6 Å². The van der Waals surface area contributed by atoms with Crippen LogP contribution in [0.5, 0.6) is 0 Å². The van der Waals surface area contributed by atoms with Crippen molar-refractivity contribution >= 4 is 5.96 Å². The average molecular weight is 237 g/mol. The highest BCUT2D eigenvalue weighted by Crippen LogP contribution is 2.31. The number of nitrogens with one attached hydrogen (secondary N) is 2. The summed E-state index contributed by atoms with van der Waals surface area (Å²) >= 11 is 0. The molecule has 0 atom stereocenters. The van der Waals surface area contributed by atoms with Gasteiger partial charge in [-0.2, -0.15) is 0 Å². The Bertz CT molecular complexity index is 250. The third-order valence-electron chi connectivity index (χ3n) is 4.12. The van der Waals surface area contributed by atoms with E-state index in [2.05, 4.69) is 22.5 Å². The van der Waals surface area contributed by atoms with Gasteiger partial charge in [0.25, 0.3) is 0 Å².